The van der Waals surface area contributed by atoms with E-state index in [2.05, 4.69) is 46.8 Å². The van der Waals surface area contributed by atoms with Crippen LogP contribution in [0.3, 0.4) is 0 Å². The van der Waals surface area contributed by atoms with Crippen LogP contribution in [0.5, 0.6) is 0 Å². The number of hydrogen-bond acceptors (Lipinski definition) is 2. The normalized spacial score (nSPS) is 18.6. The largest absolute Gasteiger partial charge is 0.302 e. The molecule has 0 spiro atoms. The lowest BCUT2D eigenvalue weighted by Gasteiger charge is -2.46. The number of hydrogen-bond donors (Lipinski definition) is 0. The van der Waals surface area contributed by atoms with Crippen molar-refractivity contribution >= 4 is 44.6 Å². The van der Waals surface area contributed by atoms with Crippen LogP contribution in [0.25, 0.3) is 10.1 Å². The summed E-state index contributed by atoms with van der Waals surface area (Å²) in [7, 11) is 0. The number of carbonyl (C=O) groups is 1. The Kier molecular flexibility index (Phi) is 4.36. The van der Waals surface area contributed by atoms with Gasteiger partial charge in [-0.2, -0.15) is 0 Å². The average Bonchev–Trinajstić information content (AvgIpc) is 2.93. The van der Waals surface area contributed by atoms with Gasteiger partial charge in [-0.25, -0.2) is 0 Å². The van der Waals surface area contributed by atoms with Gasteiger partial charge in [0.05, 0.1) is 5.02 Å². The van der Waals surface area contributed by atoms with E-state index >= 15 is 0 Å². The molecule has 2 nitrogen and oxygen atoms in total. The van der Waals surface area contributed by atoms with Crippen LogP contribution in [0.1, 0.15) is 59.5 Å². The predicted molar refractivity (Wildman–Crippen MR) is 117 cm³/mol. The summed E-state index contributed by atoms with van der Waals surface area (Å²) in [4.78, 5) is 16.3. The average molecular weight is 398 g/mol. The summed E-state index contributed by atoms with van der Waals surface area (Å²) < 4.78 is 1.05. The second kappa shape index (κ2) is 6.35. The van der Waals surface area contributed by atoms with Crippen LogP contribution < -0.4 is 4.90 Å². The van der Waals surface area contributed by atoms with Crippen molar-refractivity contribution in [2.75, 3.05) is 4.90 Å². The Morgan fingerprint density at radius 3 is 2.56 bits per heavy atom. The lowest BCUT2D eigenvalue weighted by Crippen LogP contribution is -2.51. The van der Waals surface area contributed by atoms with Crippen LogP contribution in [0.2, 0.25) is 5.02 Å². The minimum absolute atomic E-state index is 0.00241. The van der Waals surface area contributed by atoms with Gasteiger partial charge in [-0.05, 0) is 68.9 Å². The van der Waals surface area contributed by atoms with E-state index in [-0.39, 0.29) is 11.4 Å². The van der Waals surface area contributed by atoms with Gasteiger partial charge in [0.1, 0.15) is 4.88 Å². The number of nitrogens with zero attached hydrogens (tertiary/aromatic N) is 1. The van der Waals surface area contributed by atoms with Gasteiger partial charge >= 0.3 is 0 Å². The smallest absolute Gasteiger partial charge is 0.270 e. The predicted octanol–water partition coefficient (Wildman–Crippen LogP) is 7.10. The summed E-state index contributed by atoms with van der Waals surface area (Å²) in [6, 6.07) is 12.4. The monoisotopic (exact) mass is 397 g/mol. The molecule has 0 N–H and O–H groups in total. The SMILES string of the molecule is Cc1cc2c(cc1C)N(C(=O)c1sc3ccccc3c1Cl)C(C)(C)C[C@H]2C. The summed E-state index contributed by atoms with van der Waals surface area (Å²) in [6.07, 6.45) is 0.927. The zero-order valence-corrected chi connectivity index (χ0v) is 18.0. The van der Waals surface area contributed by atoms with Gasteiger partial charge in [0.2, 0.25) is 0 Å². The van der Waals surface area contributed by atoms with E-state index in [1.165, 1.54) is 28.0 Å². The molecule has 3 aromatic rings. The number of carbonyl (C=O) groups excluding carboxylic acids is 1. The number of thiophene rings is 1. The highest BCUT2D eigenvalue weighted by Crippen LogP contribution is 2.46. The van der Waals surface area contributed by atoms with E-state index in [0.717, 1.165) is 22.2 Å². The standard InChI is InChI=1S/C23H24ClNOS/c1-13-10-17-15(3)12-23(4,5)25(18(17)11-14(13)2)22(26)21-20(24)16-8-6-7-9-19(16)27-21/h6-11,15H,12H2,1-5H3/t15-/m1/s1. The molecule has 4 rings (SSSR count). The molecule has 27 heavy (non-hydrogen) atoms. The molecule has 1 aliphatic rings. The number of anilines is 1. The molecule has 0 bridgehead atoms. The van der Waals surface area contributed by atoms with Crippen LogP contribution in [0.4, 0.5) is 5.69 Å². The minimum atomic E-state index is -0.273. The van der Waals surface area contributed by atoms with Crippen LogP contribution in [-0.4, -0.2) is 11.4 Å². The van der Waals surface area contributed by atoms with Crippen molar-refractivity contribution in [2.45, 2.75) is 52.5 Å². The van der Waals surface area contributed by atoms with Crippen molar-refractivity contribution in [3.05, 3.63) is 63.0 Å². The highest BCUT2D eigenvalue weighted by molar-refractivity contribution is 7.21. The Balaban J connectivity index is 1.91. The second-order valence-electron chi connectivity index (χ2n) is 8.29. The number of benzene rings is 2. The van der Waals surface area contributed by atoms with Crippen LogP contribution in [0.15, 0.2) is 36.4 Å². The fourth-order valence-corrected chi connectivity index (χ4v) is 5.77. The fraction of sp³-hybridized carbons (Fsp3) is 0.348. The molecule has 1 aromatic heterocycles. The highest BCUT2D eigenvalue weighted by Gasteiger charge is 2.41. The topological polar surface area (TPSA) is 20.3 Å². The first-order chi connectivity index (χ1) is 12.7. The van der Waals surface area contributed by atoms with Gasteiger partial charge in [-0.3, -0.25) is 4.79 Å². The Bertz CT molecular complexity index is 1070. The van der Waals surface area contributed by atoms with Crippen molar-refractivity contribution < 1.29 is 4.79 Å². The van der Waals surface area contributed by atoms with Gasteiger partial charge in [-0.1, -0.05) is 42.8 Å². The molecule has 1 amide bonds. The van der Waals surface area contributed by atoms with E-state index in [1.807, 2.05) is 29.2 Å². The number of halogens is 1. The zero-order valence-electron chi connectivity index (χ0n) is 16.4. The van der Waals surface area contributed by atoms with E-state index in [1.54, 1.807) is 0 Å². The van der Waals surface area contributed by atoms with Gasteiger partial charge in [0.15, 0.2) is 0 Å². The minimum Gasteiger partial charge on any atom is -0.302 e. The molecule has 2 aromatic carbocycles. The first-order valence-electron chi connectivity index (χ1n) is 9.33. The summed E-state index contributed by atoms with van der Waals surface area (Å²) in [5.41, 5.74) is 4.49. The maximum absolute atomic E-state index is 13.7. The van der Waals surface area contributed by atoms with Gasteiger partial charge in [0, 0.05) is 21.3 Å². The molecule has 0 fully saturated rings. The molecular weight excluding hydrogens is 374 g/mol. The van der Waals surface area contributed by atoms with Crippen molar-refractivity contribution in [1.82, 2.24) is 0 Å². The van der Waals surface area contributed by atoms with Crippen molar-refractivity contribution in [3.8, 4) is 0 Å². The van der Waals surface area contributed by atoms with Gasteiger partial charge in [0.25, 0.3) is 5.91 Å². The van der Waals surface area contributed by atoms with Crippen molar-refractivity contribution in [3.63, 3.8) is 0 Å². The fourth-order valence-electron chi connectivity index (χ4n) is 4.33. The number of fused-ring (bicyclic) bond motifs is 2. The van der Waals surface area contributed by atoms with Crippen molar-refractivity contribution in [2.24, 2.45) is 0 Å². The van der Waals surface area contributed by atoms with Crippen LogP contribution in [-0.2, 0) is 0 Å². The summed E-state index contributed by atoms with van der Waals surface area (Å²) in [5.74, 6) is 0.416. The highest BCUT2D eigenvalue weighted by atomic mass is 35.5. The van der Waals surface area contributed by atoms with Crippen LogP contribution >= 0.6 is 22.9 Å². The van der Waals surface area contributed by atoms with E-state index in [0.29, 0.717) is 15.8 Å². The zero-order chi connectivity index (χ0) is 19.5. The summed E-state index contributed by atoms with van der Waals surface area (Å²) >= 11 is 8.13. The Morgan fingerprint density at radius 1 is 1.19 bits per heavy atom. The third kappa shape index (κ3) is 2.88. The first-order valence-corrected chi connectivity index (χ1v) is 10.5. The lowest BCUT2D eigenvalue weighted by molar-refractivity contribution is 0.0958. The maximum Gasteiger partial charge on any atom is 0.270 e. The molecule has 0 saturated heterocycles. The molecule has 0 saturated carbocycles. The summed E-state index contributed by atoms with van der Waals surface area (Å²) in [6.45, 7) is 10.8. The Hall–Kier alpha value is -1.84. The quantitative estimate of drug-likeness (QED) is 0.428. The van der Waals surface area contributed by atoms with Gasteiger partial charge < -0.3 is 4.90 Å². The molecule has 1 aliphatic heterocycles. The molecule has 0 unspecified atom stereocenters. The Morgan fingerprint density at radius 2 is 1.85 bits per heavy atom. The lowest BCUT2D eigenvalue weighted by atomic mass is 9.79. The molecular formula is C23H24ClNOS. The number of amides is 1. The van der Waals surface area contributed by atoms with Crippen molar-refractivity contribution in [1.29, 1.82) is 0 Å². The maximum atomic E-state index is 13.7. The molecule has 2 heterocycles. The first kappa shape index (κ1) is 18.5. The van der Waals surface area contributed by atoms with E-state index in [4.69, 9.17) is 11.6 Å². The number of rotatable bonds is 1. The van der Waals surface area contributed by atoms with Gasteiger partial charge in [-0.15, -0.1) is 11.3 Å². The molecule has 4 heteroatoms. The summed E-state index contributed by atoms with van der Waals surface area (Å²) in [5, 5.41) is 1.52. The Labute approximate surface area is 169 Å². The molecule has 140 valence electrons. The second-order valence-corrected chi connectivity index (χ2v) is 9.72. The van der Waals surface area contributed by atoms with E-state index in [9.17, 15) is 4.79 Å². The van der Waals surface area contributed by atoms with E-state index < -0.39 is 0 Å². The third-order valence-electron chi connectivity index (χ3n) is 5.76. The molecule has 1 atom stereocenters. The molecule has 0 radical (unpaired) electrons. The molecule has 0 aliphatic carbocycles. The third-order valence-corrected chi connectivity index (χ3v) is 7.42. The number of aryl methyl sites for hydroxylation is 2. The van der Waals surface area contributed by atoms with Crippen LogP contribution in [0, 0.1) is 13.8 Å².